The van der Waals surface area contributed by atoms with E-state index in [0.29, 0.717) is 10.9 Å². The van der Waals surface area contributed by atoms with Crippen LogP contribution in [0.3, 0.4) is 0 Å². The van der Waals surface area contributed by atoms with Crippen LogP contribution in [0.15, 0.2) is 6.20 Å². The summed E-state index contributed by atoms with van der Waals surface area (Å²) in [5.41, 5.74) is 0. The van der Waals surface area contributed by atoms with Crippen molar-refractivity contribution < 1.29 is 26.7 Å². The summed E-state index contributed by atoms with van der Waals surface area (Å²) in [6.07, 6.45) is -2.30. The Labute approximate surface area is 75.1 Å². The molecule has 0 aromatic carbocycles. The van der Waals surface area contributed by atoms with Crippen LogP contribution in [0.4, 0.5) is 22.0 Å². The fourth-order valence-corrected chi connectivity index (χ4v) is 0.814. The van der Waals surface area contributed by atoms with Crippen molar-refractivity contribution in [1.82, 2.24) is 9.78 Å². The molecule has 1 heterocycles. The third-order valence-corrected chi connectivity index (χ3v) is 1.26. The summed E-state index contributed by atoms with van der Waals surface area (Å²) in [6, 6.07) is 0. The second-order valence-electron chi connectivity index (χ2n) is 2.25. The molecular weight excluding hydrogens is 211 g/mol. The van der Waals surface area contributed by atoms with Crippen LogP contribution in [0.5, 0.6) is 5.88 Å². The van der Waals surface area contributed by atoms with Crippen molar-refractivity contribution >= 4 is 0 Å². The lowest BCUT2D eigenvalue weighted by atomic mass is 10.6. The summed E-state index contributed by atoms with van der Waals surface area (Å²) in [7, 11) is 0. The van der Waals surface area contributed by atoms with Crippen molar-refractivity contribution in [2.45, 2.75) is 19.6 Å². The molecule has 0 spiro atoms. The topological polar surface area (TPSA) is 27.1 Å². The molecule has 80 valence electrons. The van der Waals surface area contributed by atoms with Gasteiger partial charge in [0, 0.05) is 0 Å². The summed E-state index contributed by atoms with van der Waals surface area (Å²) in [6.45, 7) is -4.27. The van der Waals surface area contributed by atoms with E-state index in [1.165, 1.54) is 0 Å². The van der Waals surface area contributed by atoms with Gasteiger partial charge >= 0.3 is 6.61 Å². The van der Waals surface area contributed by atoms with Crippen LogP contribution in [-0.2, 0) is 6.54 Å². The molecule has 8 heteroatoms. The minimum absolute atomic E-state index is 0.339. The first-order valence-electron chi connectivity index (χ1n) is 3.45. The van der Waals surface area contributed by atoms with Crippen molar-refractivity contribution in [1.29, 1.82) is 0 Å². The molecule has 1 aromatic heterocycles. The molecule has 0 aliphatic heterocycles. The van der Waals surface area contributed by atoms with Crippen molar-refractivity contribution in [3.63, 3.8) is 0 Å². The highest BCUT2D eigenvalue weighted by Gasteiger charge is 2.18. The zero-order valence-corrected chi connectivity index (χ0v) is 6.63. The molecule has 0 aliphatic rings. The Hall–Kier alpha value is -1.34. The zero-order chi connectivity index (χ0) is 10.7. The maximum atomic E-state index is 12.6. The van der Waals surface area contributed by atoms with Crippen LogP contribution >= 0.6 is 0 Å². The molecule has 3 nitrogen and oxygen atoms in total. The highest BCUT2D eigenvalue weighted by atomic mass is 19.3. The van der Waals surface area contributed by atoms with Crippen LogP contribution in [0, 0.1) is 5.82 Å². The Morgan fingerprint density at radius 1 is 1.36 bits per heavy atom. The van der Waals surface area contributed by atoms with Crippen molar-refractivity contribution in [3.05, 3.63) is 12.0 Å². The Morgan fingerprint density at radius 2 is 2.00 bits per heavy atom. The molecule has 0 fully saturated rings. The van der Waals surface area contributed by atoms with Gasteiger partial charge in [0.25, 0.3) is 12.3 Å². The SMILES string of the molecule is Fc1cnn(CC(F)F)c1OC(F)F. The minimum atomic E-state index is -3.28. The molecule has 0 amide bonds. The van der Waals surface area contributed by atoms with Gasteiger partial charge in [-0.3, -0.25) is 0 Å². The molecule has 0 atom stereocenters. The van der Waals surface area contributed by atoms with Gasteiger partial charge in [-0.2, -0.15) is 18.3 Å². The number of rotatable bonds is 4. The summed E-state index contributed by atoms with van der Waals surface area (Å²) in [4.78, 5) is 0. The Balaban J connectivity index is 2.82. The second kappa shape index (κ2) is 4.25. The number of halogens is 5. The van der Waals surface area contributed by atoms with Crippen LogP contribution in [0.25, 0.3) is 0 Å². The minimum Gasteiger partial charge on any atom is -0.414 e. The predicted octanol–water partition coefficient (Wildman–Crippen LogP) is 1.89. The van der Waals surface area contributed by atoms with Gasteiger partial charge in [0.05, 0.1) is 6.20 Å². The quantitative estimate of drug-likeness (QED) is 0.718. The first-order chi connectivity index (χ1) is 6.50. The standard InChI is InChI=1S/C6H5F5N2O/c7-3-1-12-13(2-4(8)9)5(3)14-6(10)11/h1,4,6H,2H2. The zero-order valence-electron chi connectivity index (χ0n) is 6.63. The lowest BCUT2D eigenvalue weighted by Crippen LogP contribution is -2.13. The Bertz CT molecular complexity index is 300. The number of aromatic nitrogens is 2. The molecule has 0 bridgehead atoms. The second-order valence-corrected chi connectivity index (χ2v) is 2.25. The molecule has 0 radical (unpaired) electrons. The number of hydrogen-bond acceptors (Lipinski definition) is 2. The van der Waals surface area contributed by atoms with Gasteiger partial charge in [-0.25, -0.2) is 13.5 Å². The molecule has 0 unspecified atom stereocenters. The van der Waals surface area contributed by atoms with Crippen molar-refractivity contribution in [3.8, 4) is 5.88 Å². The lowest BCUT2D eigenvalue weighted by molar-refractivity contribution is -0.0597. The fraction of sp³-hybridized carbons (Fsp3) is 0.500. The van der Waals surface area contributed by atoms with Gasteiger partial charge in [0.15, 0.2) is 0 Å². The van der Waals surface area contributed by atoms with E-state index in [1.54, 1.807) is 0 Å². The van der Waals surface area contributed by atoms with Crippen LogP contribution in [0.2, 0.25) is 0 Å². The predicted molar refractivity (Wildman–Crippen MR) is 34.8 cm³/mol. The van der Waals surface area contributed by atoms with Gasteiger partial charge < -0.3 is 4.74 Å². The Kier molecular flexibility index (Phi) is 3.26. The number of hydrogen-bond donors (Lipinski definition) is 0. The summed E-state index contributed by atoms with van der Waals surface area (Å²) >= 11 is 0. The van der Waals surface area contributed by atoms with Gasteiger partial charge in [-0.05, 0) is 0 Å². The summed E-state index contributed by atoms with van der Waals surface area (Å²) < 4.78 is 63.6. The average Bonchev–Trinajstić information content (AvgIpc) is 2.34. The highest BCUT2D eigenvalue weighted by Crippen LogP contribution is 2.19. The van der Waals surface area contributed by atoms with Crippen LogP contribution < -0.4 is 4.74 Å². The third kappa shape index (κ3) is 2.57. The third-order valence-electron chi connectivity index (χ3n) is 1.26. The van der Waals surface area contributed by atoms with E-state index in [1.807, 2.05) is 0 Å². The normalized spacial score (nSPS) is 11.4. The first-order valence-corrected chi connectivity index (χ1v) is 3.45. The van der Waals surface area contributed by atoms with Crippen LogP contribution in [0.1, 0.15) is 0 Å². The fourth-order valence-electron chi connectivity index (χ4n) is 0.814. The number of nitrogens with zero attached hydrogens (tertiary/aromatic N) is 2. The van der Waals surface area contributed by atoms with E-state index in [0.717, 1.165) is 0 Å². The maximum Gasteiger partial charge on any atom is 0.388 e. The van der Waals surface area contributed by atoms with E-state index in [-0.39, 0.29) is 0 Å². The maximum absolute atomic E-state index is 12.6. The molecule has 0 aliphatic carbocycles. The van der Waals surface area contributed by atoms with E-state index < -0.39 is 31.3 Å². The highest BCUT2D eigenvalue weighted by molar-refractivity contribution is 5.11. The number of ether oxygens (including phenoxy) is 1. The van der Waals surface area contributed by atoms with Gasteiger partial charge in [-0.15, -0.1) is 0 Å². The average molecular weight is 216 g/mol. The van der Waals surface area contributed by atoms with Crippen LogP contribution in [-0.4, -0.2) is 22.8 Å². The van der Waals surface area contributed by atoms with Crippen molar-refractivity contribution in [2.24, 2.45) is 0 Å². The monoisotopic (exact) mass is 216 g/mol. The van der Waals surface area contributed by atoms with Gasteiger partial charge in [0.1, 0.15) is 6.54 Å². The molecule has 0 saturated carbocycles. The Morgan fingerprint density at radius 3 is 2.50 bits per heavy atom. The molecule has 1 rings (SSSR count). The van der Waals surface area contributed by atoms with E-state index in [9.17, 15) is 22.0 Å². The number of alkyl halides is 4. The molecule has 14 heavy (non-hydrogen) atoms. The van der Waals surface area contributed by atoms with E-state index >= 15 is 0 Å². The summed E-state index contributed by atoms with van der Waals surface area (Å²) in [5.74, 6) is -2.19. The molecule has 0 N–H and O–H groups in total. The van der Waals surface area contributed by atoms with E-state index in [2.05, 4.69) is 9.84 Å². The van der Waals surface area contributed by atoms with Gasteiger partial charge in [0.2, 0.25) is 5.82 Å². The van der Waals surface area contributed by atoms with Gasteiger partial charge in [-0.1, -0.05) is 0 Å². The lowest BCUT2D eigenvalue weighted by Gasteiger charge is -2.07. The molecular formula is C6H5F5N2O. The van der Waals surface area contributed by atoms with Crippen molar-refractivity contribution in [2.75, 3.05) is 0 Å². The van der Waals surface area contributed by atoms with E-state index in [4.69, 9.17) is 0 Å². The molecule has 1 aromatic rings. The smallest absolute Gasteiger partial charge is 0.388 e. The summed E-state index contributed by atoms with van der Waals surface area (Å²) in [5, 5.41) is 3.11. The molecule has 0 saturated heterocycles. The largest absolute Gasteiger partial charge is 0.414 e. The first kappa shape index (κ1) is 10.7.